The molecule has 2 aromatic rings. The average Bonchev–Trinajstić information content (AvgIpc) is 3.14. The van der Waals surface area contributed by atoms with Crippen LogP contribution in [0.4, 0.5) is 0 Å². The fourth-order valence-electron chi connectivity index (χ4n) is 4.51. The second-order valence-corrected chi connectivity index (χ2v) is 7.86. The highest BCUT2D eigenvalue weighted by Crippen LogP contribution is 2.30. The van der Waals surface area contributed by atoms with Gasteiger partial charge in [0.15, 0.2) is 0 Å². The molecule has 3 N–H and O–H groups in total. The van der Waals surface area contributed by atoms with E-state index in [4.69, 9.17) is 5.73 Å². The molecule has 0 spiro atoms. The van der Waals surface area contributed by atoms with Crippen LogP contribution in [0.2, 0.25) is 0 Å². The Morgan fingerprint density at radius 1 is 1.15 bits per heavy atom. The zero-order valence-electron chi connectivity index (χ0n) is 16.2. The molecule has 1 amide bonds. The summed E-state index contributed by atoms with van der Waals surface area (Å²) < 4.78 is 2.33. The van der Waals surface area contributed by atoms with E-state index in [1.54, 1.807) is 0 Å². The third-order valence-corrected chi connectivity index (χ3v) is 6.07. The van der Waals surface area contributed by atoms with Crippen molar-refractivity contribution in [1.29, 1.82) is 0 Å². The molecule has 2 aliphatic heterocycles. The number of hydrogen-bond donors (Lipinski definition) is 2. The normalized spacial score (nSPS) is 19.6. The molecule has 4 heterocycles. The molecule has 0 aliphatic carbocycles. The molecular formula is C19H29N7O. The van der Waals surface area contributed by atoms with Crippen molar-refractivity contribution in [2.24, 2.45) is 5.73 Å². The summed E-state index contributed by atoms with van der Waals surface area (Å²) in [6.07, 6.45) is 6.53. The van der Waals surface area contributed by atoms with E-state index in [1.165, 1.54) is 19.3 Å². The third-order valence-electron chi connectivity index (χ3n) is 6.07. The third kappa shape index (κ3) is 3.38. The molecule has 0 radical (unpaired) electrons. The van der Waals surface area contributed by atoms with E-state index >= 15 is 0 Å². The van der Waals surface area contributed by atoms with Crippen LogP contribution in [-0.2, 0) is 17.8 Å². The number of fused-ring (bicyclic) bond motifs is 1. The van der Waals surface area contributed by atoms with Gasteiger partial charge >= 0.3 is 0 Å². The van der Waals surface area contributed by atoms with E-state index in [2.05, 4.69) is 25.0 Å². The number of carbonyl (C=O) groups is 1. The van der Waals surface area contributed by atoms with Crippen molar-refractivity contribution in [2.75, 3.05) is 13.1 Å². The summed E-state index contributed by atoms with van der Waals surface area (Å²) >= 11 is 0. The minimum absolute atomic E-state index is 0.0128. The standard InChI is InChI=1S/C19H29N7O/c1-12-16(13(2)22-21-12)17(20)19(27)25-10-7-14(8-11-25)18-24-23-15-6-4-3-5-9-26(15)18/h14,17H,3-11,20H2,1-2H3,(H,21,22). The van der Waals surface area contributed by atoms with Gasteiger partial charge in [-0.2, -0.15) is 5.10 Å². The van der Waals surface area contributed by atoms with Crippen molar-refractivity contribution >= 4 is 5.91 Å². The molecule has 1 atom stereocenters. The number of aromatic amines is 1. The van der Waals surface area contributed by atoms with Crippen molar-refractivity contribution in [1.82, 2.24) is 29.9 Å². The molecule has 27 heavy (non-hydrogen) atoms. The van der Waals surface area contributed by atoms with Gasteiger partial charge in [-0.15, -0.1) is 10.2 Å². The first-order chi connectivity index (χ1) is 13.1. The maximum Gasteiger partial charge on any atom is 0.244 e. The Labute approximate surface area is 159 Å². The van der Waals surface area contributed by atoms with Gasteiger partial charge in [-0.25, -0.2) is 0 Å². The summed E-state index contributed by atoms with van der Waals surface area (Å²) in [4.78, 5) is 14.8. The zero-order chi connectivity index (χ0) is 19.0. The first-order valence-corrected chi connectivity index (χ1v) is 10.0. The molecule has 0 saturated carbocycles. The van der Waals surface area contributed by atoms with Gasteiger partial charge in [0.25, 0.3) is 0 Å². The summed E-state index contributed by atoms with van der Waals surface area (Å²) in [5.74, 6) is 2.61. The molecule has 1 saturated heterocycles. The lowest BCUT2D eigenvalue weighted by Gasteiger charge is -2.33. The number of H-pyrrole nitrogens is 1. The smallest absolute Gasteiger partial charge is 0.244 e. The van der Waals surface area contributed by atoms with Crippen LogP contribution in [0.1, 0.15) is 72.7 Å². The van der Waals surface area contributed by atoms with Gasteiger partial charge in [0.05, 0.1) is 5.69 Å². The number of piperidine rings is 1. The number of likely N-dealkylation sites (tertiary alicyclic amines) is 1. The number of aromatic nitrogens is 5. The Kier molecular flexibility index (Phi) is 4.99. The molecule has 2 aliphatic rings. The van der Waals surface area contributed by atoms with Crippen LogP contribution < -0.4 is 5.73 Å². The Hall–Kier alpha value is -2.22. The minimum atomic E-state index is -0.648. The topological polar surface area (TPSA) is 106 Å². The number of nitrogens with two attached hydrogens (primary N) is 1. The van der Waals surface area contributed by atoms with E-state index in [0.717, 1.165) is 67.5 Å². The predicted molar refractivity (Wildman–Crippen MR) is 101 cm³/mol. The molecule has 0 bridgehead atoms. The highest BCUT2D eigenvalue weighted by atomic mass is 16.2. The highest BCUT2D eigenvalue weighted by Gasteiger charge is 2.32. The number of amides is 1. The average molecular weight is 371 g/mol. The number of nitrogens with zero attached hydrogens (tertiary/aromatic N) is 5. The van der Waals surface area contributed by atoms with E-state index in [9.17, 15) is 4.79 Å². The van der Waals surface area contributed by atoms with Crippen LogP contribution >= 0.6 is 0 Å². The second-order valence-electron chi connectivity index (χ2n) is 7.86. The van der Waals surface area contributed by atoms with Crippen LogP contribution in [0.3, 0.4) is 0 Å². The maximum absolute atomic E-state index is 12.9. The van der Waals surface area contributed by atoms with Gasteiger partial charge in [0.2, 0.25) is 5.91 Å². The fourth-order valence-corrected chi connectivity index (χ4v) is 4.51. The lowest BCUT2D eigenvalue weighted by Crippen LogP contribution is -2.43. The molecule has 4 rings (SSSR count). The Bertz CT molecular complexity index is 797. The first-order valence-electron chi connectivity index (χ1n) is 10.0. The number of aryl methyl sites for hydroxylation is 3. The van der Waals surface area contributed by atoms with Crippen molar-refractivity contribution in [2.45, 2.75) is 70.9 Å². The van der Waals surface area contributed by atoms with Crippen molar-refractivity contribution < 1.29 is 4.79 Å². The number of nitrogens with one attached hydrogen (secondary N) is 1. The van der Waals surface area contributed by atoms with Gasteiger partial charge in [-0.3, -0.25) is 9.89 Å². The largest absolute Gasteiger partial charge is 0.341 e. The van der Waals surface area contributed by atoms with Gasteiger partial charge < -0.3 is 15.2 Å². The summed E-state index contributed by atoms with van der Waals surface area (Å²) in [5, 5.41) is 16.0. The molecule has 146 valence electrons. The molecule has 8 nitrogen and oxygen atoms in total. The Morgan fingerprint density at radius 3 is 2.63 bits per heavy atom. The lowest BCUT2D eigenvalue weighted by molar-refractivity contribution is -0.133. The molecule has 1 fully saturated rings. The number of hydrogen-bond acceptors (Lipinski definition) is 5. The quantitative estimate of drug-likeness (QED) is 0.855. The first kappa shape index (κ1) is 18.2. The van der Waals surface area contributed by atoms with E-state index < -0.39 is 6.04 Å². The van der Waals surface area contributed by atoms with Gasteiger partial charge in [-0.1, -0.05) is 6.42 Å². The molecule has 1 unspecified atom stereocenters. The fraction of sp³-hybridized carbons (Fsp3) is 0.684. The maximum atomic E-state index is 12.9. The van der Waals surface area contributed by atoms with Gasteiger partial charge in [0, 0.05) is 43.2 Å². The predicted octanol–water partition coefficient (Wildman–Crippen LogP) is 1.75. The van der Waals surface area contributed by atoms with Crippen LogP contribution in [-0.4, -0.2) is 48.9 Å². The molecule has 2 aromatic heterocycles. The number of rotatable bonds is 3. The summed E-state index contributed by atoms with van der Waals surface area (Å²) in [6, 6.07) is -0.648. The van der Waals surface area contributed by atoms with Crippen LogP contribution in [0.5, 0.6) is 0 Å². The Balaban J connectivity index is 1.42. The summed E-state index contributed by atoms with van der Waals surface area (Å²) in [6.45, 7) is 6.26. The van der Waals surface area contributed by atoms with Gasteiger partial charge in [0.1, 0.15) is 17.7 Å². The monoisotopic (exact) mass is 371 g/mol. The van der Waals surface area contributed by atoms with E-state index in [0.29, 0.717) is 5.92 Å². The van der Waals surface area contributed by atoms with Crippen LogP contribution in [0.15, 0.2) is 0 Å². The van der Waals surface area contributed by atoms with E-state index in [-0.39, 0.29) is 5.91 Å². The van der Waals surface area contributed by atoms with E-state index in [1.807, 2.05) is 18.7 Å². The highest BCUT2D eigenvalue weighted by molar-refractivity contribution is 5.83. The minimum Gasteiger partial charge on any atom is -0.341 e. The second kappa shape index (κ2) is 7.42. The summed E-state index contributed by atoms with van der Waals surface area (Å²) in [5.41, 5.74) is 8.77. The van der Waals surface area contributed by atoms with Gasteiger partial charge in [-0.05, 0) is 39.5 Å². The van der Waals surface area contributed by atoms with Crippen molar-refractivity contribution in [3.8, 4) is 0 Å². The van der Waals surface area contributed by atoms with Crippen LogP contribution in [0.25, 0.3) is 0 Å². The molecular weight excluding hydrogens is 342 g/mol. The van der Waals surface area contributed by atoms with Crippen molar-refractivity contribution in [3.63, 3.8) is 0 Å². The lowest BCUT2D eigenvalue weighted by atomic mass is 9.94. The Morgan fingerprint density at radius 2 is 1.93 bits per heavy atom. The zero-order valence-corrected chi connectivity index (χ0v) is 16.2. The van der Waals surface area contributed by atoms with Crippen molar-refractivity contribution in [3.05, 3.63) is 28.6 Å². The van der Waals surface area contributed by atoms with Crippen LogP contribution in [0, 0.1) is 13.8 Å². The molecule has 8 heteroatoms. The SMILES string of the molecule is Cc1n[nH]c(C)c1C(N)C(=O)N1CCC(c2nnc3n2CCCCC3)CC1. The number of carbonyl (C=O) groups excluding carboxylic acids is 1. The summed E-state index contributed by atoms with van der Waals surface area (Å²) in [7, 11) is 0. The molecule has 0 aromatic carbocycles.